The molecule has 0 fully saturated rings. The maximum absolute atomic E-state index is 12.2. The van der Waals surface area contributed by atoms with Crippen molar-refractivity contribution in [3.8, 4) is 0 Å². The zero-order chi connectivity index (χ0) is 15.2. The number of thiophene rings is 1. The van der Waals surface area contributed by atoms with Crippen LogP contribution in [0.3, 0.4) is 0 Å². The summed E-state index contributed by atoms with van der Waals surface area (Å²) in [7, 11) is 0. The van der Waals surface area contributed by atoms with E-state index < -0.39 is 0 Å². The molecular weight excluding hydrogens is 296 g/mol. The second-order valence-electron chi connectivity index (χ2n) is 5.08. The minimum atomic E-state index is 0.0494. The molecule has 3 aromatic heterocycles. The largest absolute Gasteiger partial charge is 0.356 e. The van der Waals surface area contributed by atoms with Gasteiger partial charge in [0.1, 0.15) is 0 Å². The van der Waals surface area contributed by atoms with Gasteiger partial charge in [0.05, 0.1) is 18.8 Å². The molecule has 6 heteroatoms. The fraction of sp³-hybridized carbons (Fsp3) is 0.250. The Hall–Kier alpha value is -2.34. The molecule has 0 unspecified atom stereocenters. The zero-order valence-corrected chi connectivity index (χ0v) is 12.9. The van der Waals surface area contributed by atoms with Crippen molar-refractivity contribution in [1.82, 2.24) is 19.9 Å². The van der Waals surface area contributed by atoms with Gasteiger partial charge in [-0.15, -0.1) is 0 Å². The predicted octanol–water partition coefficient (Wildman–Crippen LogP) is 2.61. The second kappa shape index (κ2) is 7.09. The highest BCUT2D eigenvalue weighted by Gasteiger charge is 2.17. The monoisotopic (exact) mass is 314 g/mol. The number of nitrogens with one attached hydrogen (secondary N) is 2. The Morgan fingerprint density at radius 1 is 1.41 bits per heavy atom. The third-order valence-electron chi connectivity index (χ3n) is 3.57. The molecule has 3 aromatic rings. The lowest BCUT2D eigenvalue weighted by Crippen LogP contribution is -2.28. The van der Waals surface area contributed by atoms with Crippen LogP contribution in [0.4, 0.5) is 0 Å². The lowest BCUT2D eigenvalue weighted by molar-refractivity contribution is -0.121. The average Bonchev–Trinajstić information content (AvgIpc) is 3.26. The van der Waals surface area contributed by atoms with Gasteiger partial charge in [-0.25, -0.2) is 4.98 Å². The molecule has 0 saturated heterocycles. The van der Waals surface area contributed by atoms with E-state index in [0.29, 0.717) is 13.0 Å². The zero-order valence-electron chi connectivity index (χ0n) is 12.1. The Bertz CT molecular complexity index is 640. The van der Waals surface area contributed by atoms with E-state index in [1.807, 2.05) is 29.9 Å². The molecule has 0 aliphatic rings. The maximum Gasteiger partial charge on any atom is 0.222 e. The number of hydrogen-bond acceptors (Lipinski definition) is 3. The summed E-state index contributed by atoms with van der Waals surface area (Å²) in [5, 5.41) is 7.12. The number of rotatable bonds is 7. The van der Waals surface area contributed by atoms with Crippen molar-refractivity contribution in [2.75, 3.05) is 6.54 Å². The first-order valence-electron chi connectivity index (χ1n) is 7.21. The first kappa shape index (κ1) is 14.6. The van der Waals surface area contributed by atoms with E-state index in [1.165, 1.54) is 5.56 Å². The van der Waals surface area contributed by atoms with Crippen LogP contribution in [0.5, 0.6) is 0 Å². The van der Waals surface area contributed by atoms with E-state index in [2.05, 4.69) is 31.3 Å². The number of nitrogens with zero attached hydrogens (tertiary/aromatic N) is 2. The minimum absolute atomic E-state index is 0.0494. The Kier molecular flexibility index (Phi) is 4.70. The molecule has 2 N–H and O–H groups in total. The molecular formula is C16H18N4OS. The van der Waals surface area contributed by atoms with Crippen LogP contribution in [-0.2, 0) is 11.2 Å². The van der Waals surface area contributed by atoms with Gasteiger partial charge in [-0.2, -0.15) is 11.3 Å². The molecule has 1 amide bonds. The number of imidazole rings is 1. The van der Waals surface area contributed by atoms with Crippen LogP contribution in [0.25, 0.3) is 0 Å². The minimum Gasteiger partial charge on any atom is -0.356 e. The Balaban J connectivity index is 1.57. The summed E-state index contributed by atoms with van der Waals surface area (Å²) in [4.78, 5) is 19.2. The fourth-order valence-corrected chi connectivity index (χ4v) is 3.13. The standard InChI is InChI=1S/C16H18N4OS/c21-16(18-5-3-14-10-17-12-19-14)9-15(13-4-8-22-11-13)20-6-1-2-7-20/h1-2,4,6-8,10-12,15H,3,5,9H2,(H,17,19)(H,18,21)/t15-/m0/s1. The molecule has 114 valence electrons. The van der Waals surface area contributed by atoms with E-state index in [9.17, 15) is 4.79 Å². The third-order valence-corrected chi connectivity index (χ3v) is 4.27. The summed E-state index contributed by atoms with van der Waals surface area (Å²) in [6.45, 7) is 0.614. The smallest absolute Gasteiger partial charge is 0.222 e. The topological polar surface area (TPSA) is 62.7 Å². The molecule has 0 bridgehead atoms. The first-order chi connectivity index (χ1) is 10.8. The van der Waals surface area contributed by atoms with E-state index in [1.54, 1.807) is 23.9 Å². The van der Waals surface area contributed by atoms with Crippen molar-refractivity contribution < 1.29 is 4.79 Å². The predicted molar refractivity (Wildman–Crippen MR) is 86.8 cm³/mol. The molecule has 0 aliphatic heterocycles. The van der Waals surface area contributed by atoms with Gasteiger partial charge in [0.25, 0.3) is 0 Å². The molecule has 0 spiro atoms. The van der Waals surface area contributed by atoms with Crippen molar-refractivity contribution in [1.29, 1.82) is 0 Å². The summed E-state index contributed by atoms with van der Waals surface area (Å²) in [6, 6.07) is 6.09. The number of hydrogen-bond donors (Lipinski definition) is 2. The number of aromatic nitrogens is 3. The van der Waals surface area contributed by atoms with Crippen molar-refractivity contribution in [2.24, 2.45) is 0 Å². The van der Waals surface area contributed by atoms with E-state index in [0.717, 1.165) is 12.1 Å². The molecule has 5 nitrogen and oxygen atoms in total. The van der Waals surface area contributed by atoms with Gasteiger partial charge in [-0.05, 0) is 34.5 Å². The summed E-state index contributed by atoms with van der Waals surface area (Å²) in [5.41, 5.74) is 2.20. The fourth-order valence-electron chi connectivity index (χ4n) is 2.42. The van der Waals surface area contributed by atoms with Gasteiger partial charge in [0, 0.05) is 37.3 Å². The van der Waals surface area contributed by atoms with Crippen LogP contribution in [0.2, 0.25) is 0 Å². The molecule has 3 rings (SSSR count). The van der Waals surface area contributed by atoms with Gasteiger partial charge in [-0.1, -0.05) is 0 Å². The van der Waals surface area contributed by atoms with Crippen LogP contribution in [0.15, 0.2) is 53.9 Å². The maximum atomic E-state index is 12.2. The highest BCUT2D eigenvalue weighted by molar-refractivity contribution is 7.07. The summed E-state index contributed by atoms with van der Waals surface area (Å²) >= 11 is 1.65. The quantitative estimate of drug-likeness (QED) is 0.704. The summed E-state index contributed by atoms with van der Waals surface area (Å²) in [6.07, 6.45) is 8.63. The molecule has 22 heavy (non-hydrogen) atoms. The molecule has 3 heterocycles. The first-order valence-corrected chi connectivity index (χ1v) is 8.15. The van der Waals surface area contributed by atoms with Crippen LogP contribution < -0.4 is 5.32 Å². The summed E-state index contributed by atoms with van der Waals surface area (Å²) < 4.78 is 2.08. The van der Waals surface area contributed by atoms with Gasteiger partial charge >= 0.3 is 0 Å². The van der Waals surface area contributed by atoms with Gasteiger partial charge in [-0.3, -0.25) is 4.79 Å². The number of H-pyrrole nitrogens is 1. The molecule has 0 aliphatic carbocycles. The number of carbonyl (C=O) groups excluding carboxylic acids is 1. The van der Waals surface area contributed by atoms with Gasteiger partial charge in [0.2, 0.25) is 5.91 Å². The van der Waals surface area contributed by atoms with Crippen molar-refractivity contribution in [2.45, 2.75) is 18.9 Å². The van der Waals surface area contributed by atoms with Crippen LogP contribution in [0, 0.1) is 0 Å². The Morgan fingerprint density at radius 3 is 2.95 bits per heavy atom. The van der Waals surface area contributed by atoms with E-state index in [4.69, 9.17) is 0 Å². The van der Waals surface area contributed by atoms with Crippen molar-refractivity contribution in [3.63, 3.8) is 0 Å². The van der Waals surface area contributed by atoms with Gasteiger partial charge in [0.15, 0.2) is 0 Å². The number of carbonyl (C=O) groups is 1. The van der Waals surface area contributed by atoms with Crippen molar-refractivity contribution in [3.05, 3.63) is 65.1 Å². The number of amides is 1. The lowest BCUT2D eigenvalue weighted by atomic mass is 10.1. The van der Waals surface area contributed by atoms with Gasteiger partial charge < -0.3 is 14.9 Å². The highest BCUT2D eigenvalue weighted by atomic mass is 32.1. The second-order valence-corrected chi connectivity index (χ2v) is 5.86. The Labute approximate surface area is 133 Å². The Morgan fingerprint density at radius 2 is 2.27 bits per heavy atom. The average molecular weight is 314 g/mol. The highest BCUT2D eigenvalue weighted by Crippen LogP contribution is 2.24. The normalized spacial score (nSPS) is 12.2. The van der Waals surface area contributed by atoms with Crippen LogP contribution in [0.1, 0.15) is 23.7 Å². The molecule has 1 atom stereocenters. The van der Waals surface area contributed by atoms with Crippen molar-refractivity contribution >= 4 is 17.2 Å². The number of aromatic amines is 1. The molecule has 0 saturated carbocycles. The SMILES string of the molecule is O=C(C[C@@H](c1ccsc1)n1cccc1)NCCc1cnc[nH]1. The van der Waals surface area contributed by atoms with Crippen LogP contribution in [-0.4, -0.2) is 27.0 Å². The van der Waals surface area contributed by atoms with E-state index >= 15 is 0 Å². The molecule has 0 aromatic carbocycles. The van der Waals surface area contributed by atoms with Crippen LogP contribution >= 0.6 is 11.3 Å². The molecule has 0 radical (unpaired) electrons. The lowest BCUT2D eigenvalue weighted by Gasteiger charge is -2.18. The van der Waals surface area contributed by atoms with E-state index in [-0.39, 0.29) is 11.9 Å². The summed E-state index contributed by atoms with van der Waals surface area (Å²) in [5.74, 6) is 0.0596. The third kappa shape index (κ3) is 3.65.